The monoisotopic (exact) mass is 628 g/mol. The summed E-state index contributed by atoms with van der Waals surface area (Å²) in [6.07, 6.45) is 3.09. The van der Waals surface area contributed by atoms with Crippen molar-refractivity contribution in [1.29, 1.82) is 5.26 Å². The normalized spacial score (nSPS) is 25.8. The number of rotatable bonds is 11. The zero-order valence-corrected chi connectivity index (χ0v) is 27.2. The molecule has 6 atom stereocenters. The van der Waals surface area contributed by atoms with Crippen LogP contribution >= 0.6 is 0 Å². The number of hydrogen-bond acceptors (Lipinski definition) is 10. The fraction of sp³-hybridized carbons (Fsp3) is 0.688. The lowest BCUT2D eigenvalue weighted by Gasteiger charge is -2.29. The number of esters is 2. The highest BCUT2D eigenvalue weighted by atomic mass is 16.6. The molecule has 1 aromatic rings. The van der Waals surface area contributed by atoms with E-state index in [1.807, 2.05) is 13.0 Å². The van der Waals surface area contributed by atoms with Gasteiger partial charge in [0.05, 0.1) is 11.4 Å². The summed E-state index contributed by atoms with van der Waals surface area (Å²) in [5.74, 6) is -1.39. The molecule has 0 spiro atoms. The maximum absolute atomic E-state index is 13.1. The third-order valence-corrected chi connectivity index (χ3v) is 8.57. The van der Waals surface area contributed by atoms with Crippen molar-refractivity contribution in [2.45, 2.75) is 110 Å². The number of nitriles is 1. The van der Waals surface area contributed by atoms with Crippen molar-refractivity contribution in [2.75, 3.05) is 13.7 Å². The first-order valence-electron chi connectivity index (χ1n) is 15.6. The second-order valence-electron chi connectivity index (χ2n) is 13.0. The zero-order chi connectivity index (χ0) is 33.4. The Balaban J connectivity index is 1.91. The number of ether oxygens (including phenoxy) is 3. The van der Waals surface area contributed by atoms with Crippen molar-refractivity contribution in [3.8, 4) is 6.07 Å². The first-order chi connectivity index (χ1) is 21.3. The van der Waals surface area contributed by atoms with Gasteiger partial charge in [0.1, 0.15) is 37.3 Å². The average molecular weight is 629 g/mol. The number of aliphatic imine (C=N–C) groups is 2. The van der Waals surface area contributed by atoms with Crippen LogP contribution in [-0.4, -0.2) is 78.1 Å². The molecule has 5 N–H and O–H groups in total. The molecule has 2 aliphatic rings. The van der Waals surface area contributed by atoms with E-state index in [-0.39, 0.29) is 42.3 Å². The van der Waals surface area contributed by atoms with E-state index in [2.05, 4.69) is 20.3 Å². The molecule has 45 heavy (non-hydrogen) atoms. The topological polar surface area (TPSA) is 201 Å². The minimum Gasteiger partial charge on any atom is -0.463 e. The smallest absolute Gasteiger partial charge is 0.323 e. The summed E-state index contributed by atoms with van der Waals surface area (Å²) >= 11 is 0. The van der Waals surface area contributed by atoms with Crippen LogP contribution in [0.25, 0.3) is 0 Å². The molecule has 0 radical (unpaired) electrons. The number of H-pyrrole nitrogens is 1. The summed E-state index contributed by atoms with van der Waals surface area (Å²) in [6.45, 7) is 8.63. The van der Waals surface area contributed by atoms with E-state index in [4.69, 9.17) is 19.9 Å². The van der Waals surface area contributed by atoms with Gasteiger partial charge in [0.25, 0.3) is 0 Å². The largest absolute Gasteiger partial charge is 0.463 e. The number of aromatic nitrogens is 1. The Morgan fingerprint density at radius 3 is 2.58 bits per heavy atom. The minimum atomic E-state index is -2.06. The van der Waals surface area contributed by atoms with E-state index in [0.717, 1.165) is 32.1 Å². The van der Waals surface area contributed by atoms with Gasteiger partial charge in [0.15, 0.2) is 11.9 Å². The summed E-state index contributed by atoms with van der Waals surface area (Å²) in [6, 6.07) is 4.07. The molecule has 248 valence electrons. The maximum atomic E-state index is 13.1. The van der Waals surface area contributed by atoms with Crippen molar-refractivity contribution in [2.24, 2.45) is 33.0 Å². The number of hydrogen-bond donors (Lipinski definition) is 4. The lowest BCUT2D eigenvalue weighted by molar-refractivity contribution is -0.163. The van der Waals surface area contributed by atoms with E-state index < -0.39 is 47.3 Å². The molecule has 1 aliphatic carbocycles. The summed E-state index contributed by atoms with van der Waals surface area (Å²) in [5.41, 5.74) is 3.86. The quantitative estimate of drug-likeness (QED) is 0.161. The molecule has 13 nitrogen and oxygen atoms in total. The van der Waals surface area contributed by atoms with Gasteiger partial charge in [-0.2, -0.15) is 5.26 Å². The molecule has 1 saturated heterocycles. The Bertz CT molecular complexity index is 1290. The van der Waals surface area contributed by atoms with Gasteiger partial charge in [0, 0.05) is 19.4 Å². The minimum absolute atomic E-state index is 0.114. The molecule has 2 fully saturated rings. The van der Waals surface area contributed by atoms with Crippen LogP contribution in [-0.2, 0) is 34.2 Å². The number of amides is 1. The van der Waals surface area contributed by atoms with Gasteiger partial charge in [-0.15, -0.1) is 0 Å². The second-order valence-corrected chi connectivity index (χ2v) is 13.0. The predicted octanol–water partition coefficient (Wildman–Crippen LogP) is 2.86. The molecule has 3 rings (SSSR count). The summed E-state index contributed by atoms with van der Waals surface area (Å²) < 4.78 is 17.4. The molecule has 13 heteroatoms. The molecule has 0 bridgehead atoms. The third-order valence-electron chi connectivity index (χ3n) is 8.57. The van der Waals surface area contributed by atoms with Crippen LogP contribution in [0, 0.1) is 28.6 Å². The predicted molar refractivity (Wildman–Crippen MR) is 167 cm³/mol. The van der Waals surface area contributed by atoms with Crippen molar-refractivity contribution in [3.05, 3.63) is 23.5 Å². The van der Waals surface area contributed by atoms with Gasteiger partial charge in [-0.3, -0.25) is 19.4 Å². The maximum Gasteiger partial charge on any atom is 0.323 e. The second kappa shape index (κ2) is 15.6. The fourth-order valence-electron chi connectivity index (χ4n) is 5.34. The highest BCUT2D eigenvalue weighted by Gasteiger charge is 2.59. The lowest BCUT2D eigenvalue weighted by atomic mass is 9.87. The number of nitrogens with one attached hydrogen (secondary N) is 2. The fourth-order valence-corrected chi connectivity index (χ4v) is 5.34. The van der Waals surface area contributed by atoms with E-state index in [9.17, 15) is 24.8 Å². The number of carbonyl (C=O) groups excluding carboxylic acids is 3. The highest BCUT2D eigenvalue weighted by Crippen LogP contribution is 2.41. The Morgan fingerprint density at radius 2 is 1.98 bits per heavy atom. The van der Waals surface area contributed by atoms with Gasteiger partial charge < -0.3 is 35.4 Å². The molecular weight excluding hydrogens is 580 g/mol. The number of aliphatic hydroxyl groups is 1. The molecule has 1 amide bonds. The summed E-state index contributed by atoms with van der Waals surface area (Å²) in [5, 5.41) is 24.8. The number of carbonyl (C=O) groups is 3. The van der Waals surface area contributed by atoms with Crippen LogP contribution < -0.4 is 11.1 Å². The first kappa shape index (κ1) is 35.9. The SMILES string of the molecule is CC[C@H](C)C(=O)NC(=NC=NC)c1ccc([C@]2(C#N)O[C@H](COC(=O)CC3CCCCC3)[C@@H](OC(=O)[C@@H](N)C(C)(C)C)[C@H]2O)[nH]1. The molecule has 0 unspecified atom stereocenters. The Labute approximate surface area is 265 Å². The highest BCUT2D eigenvalue weighted by molar-refractivity contribution is 6.09. The van der Waals surface area contributed by atoms with Crippen molar-refractivity contribution >= 4 is 30.0 Å². The zero-order valence-electron chi connectivity index (χ0n) is 27.2. The van der Waals surface area contributed by atoms with Gasteiger partial charge in [0.2, 0.25) is 11.5 Å². The Kier molecular flexibility index (Phi) is 12.4. The first-order valence-corrected chi connectivity index (χ1v) is 15.6. The molecule has 1 aliphatic heterocycles. The van der Waals surface area contributed by atoms with Crippen LogP contribution in [0.1, 0.15) is 91.0 Å². The Morgan fingerprint density at radius 1 is 1.29 bits per heavy atom. The Hall–Kier alpha value is -3.60. The van der Waals surface area contributed by atoms with Crippen LogP contribution in [0.3, 0.4) is 0 Å². The molecule has 0 aromatic carbocycles. The summed E-state index contributed by atoms with van der Waals surface area (Å²) in [4.78, 5) is 49.6. The van der Waals surface area contributed by atoms with Gasteiger partial charge in [-0.25, -0.2) is 4.99 Å². The number of aromatic amines is 1. The van der Waals surface area contributed by atoms with Crippen molar-refractivity contribution in [3.63, 3.8) is 0 Å². The van der Waals surface area contributed by atoms with Crippen LogP contribution in [0.5, 0.6) is 0 Å². The van der Waals surface area contributed by atoms with Crippen molar-refractivity contribution in [1.82, 2.24) is 10.3 Å². The van der Waals surface area contributed by atoms with E-state index in [0.29, 0.717) is 12.1 Å². The number of aliphatic hydroxyl groups excluding tert-OH is 1. The molecular formula is C32H48N6O7. The van der Waals surface area contributed by atoms with Crippen LogP contribution in [0.4, 0.5) is 0 Å². The van der Waals surface area contributed by atoms with E-state index >= 15 is 0 Å². The summed E-state index contributed by atoms with van der Waals surface area (Å²) in [7, 11) is 1.53. The van der Waals surface area contributed by atoms with Crippen LogP contribution in [0.2, 0.25) is 0 Å². The molecule has 1 aromatic heterocycles. The molecule has 1 saturated carbocycles. The van der Waals surface area contributed by atoms with Crippen LogP contribution in [0.15, 0.2) is 22.1 Å². The van der Waals surface area contributed by atoms with Gasteiger partial charge >= 0.3 is 11.9 Å². The molecule has 2 heterocycles. The number of nitrogens with zero attached hydrogens (tertiary/aromatic N) is 3. The standard InChI is InChI=1S/C32H48N6O7/c1-7-19(2)29(41)38-28(36-18-35-6)21-13-14-23(37-21)32(17-33)27(40)25(44-30(42)26(34)31(3,4)5)22(45-32)16-43-24(39)15-20-11-9-8-10-12-20/h13-14,18-20,22,25-27,37,40H,7-12,15-16,34H2,1-6H3,(H,35,36,38,41)/t19-,22+,25+,26+,27+,32-/m0/s1. The van der Waals surface area contributed by atoms with Crippen molar-refractivity contribution < 1.29 is 33.7 Å². The van der Waals surface area contributed by atoms with E-state index in [1.165, 1.54) is 19.5 Å². The average Bonchev–Trinajstić information content (AvgIpc) is 3.61. The number of amidine groups is 1. The van der Waals surface area contributed by atoms with Gasteiger partial charge in [-0.1, -0.05) is 53.9 Å². The third kappa shape index (κ3) is 8.77. The number of nitrogens with two attached hydrogens (primary N) is 1. The van der Waals surface area contributed by atoms with E-state index in [1.54, 1.807) is 33.8 Å². The lowest BCUT2D eigenvalue weighted by Crippen LogP contribution is -2.49. The van der Waals surface area contributed by atoms with Gasteiger partial charge in [-0.05, 0) is 42.7 Å².